The van der Waals surface area contributed by atoms with Crippen molar-refractivity contribution in [1.82, 2.24) is 4.90 Å². The molecule has 4 nitrogen and oxygen atoms in total. The Hall–Kier alpha value is -1.55. The monoisotopic (exact) mass is 561 g/mol. The van der Waals surface area contributed by atoms with Gasteiger partial charge < -0.3 is 9.84 Å². The zero-order chi connectivity index (χ0) is 22.9. The quantitative estimate of drug-likeness (QED) is 0.440. The lowest BCUT2D eigenvalue weighted by Crippen LogP contribution is -2.35. The molecule has 0 unspecified atom stereocenters. The molecule has 0 spiro atoms. The van der Waals surface area contributed by atoms with Gasteiger partial charge in [0.05, 0.1) is 21.5 Å². The summed E-state index contributed by atoms with van der Waals surface area (Å²) in [7, 11) is 0. The number of fused-ring (bicyclic) bond motifs is 1. The molecule has 0 radical (unpaired) electrons. The van der Waals surface area contributed by atoms with Crippen LogP contribution in [0.1, 0.15) is 44.1 Å². The van der Waals surface area contributed by atoms with Crippen LogP contribution < -0.4 is 4.74 Å². The molecule has 0 amide bonds. The van der Waals surface area contributed by atoms with Gasteiger partial charge in [-0.25, -0.2) is 0 Å². The smallest absolute Gasteiger partial charge is 0.391 e. The number of carbonyl (C=O) groups is 1. The summed E-state index contributed by atoms with van der Waals surface area (Å²) in [5.41, 5.74) is 1.18. The Labute approximate surface area is 199 Å². The molecule has 1 heterocycles. The second-order valence-electron chi connectivity index (χ2n) is 8.95. The third-order valence-corrected chi connectivity index (χ3v) is 7.87. The van der Waals surface area contributed by atoms with E-state index in [1.807, 2.05) is 12.1 Å². The maximum atomic E-state index is 12.9. The fourth-order valence-corrected chi connectivity index (χ4v) is 5.59. The van der Waals surface area contributed by atoms with Crippen molar-refractivity contribution in [2.45, 2.75) is 57.3 Å². The van der Waals surface area contributed by atoms with Crippen molar-refractivity contribution in [3.8, 4) is 5.75 Å². The Bertz CT molecular complexity index is 965. The number of benzene rings is 2. The lowest BCUT2D eigenvalue weighted by molar-refractivity contribution is -0.185. The highest BCUT2D eigenvalue weighted by molar-refractivity contribution is 14.1. The highest BCUT2D eigenvalue weighted by atomic mass is 127. The summed E-state index contributed by atoms with van der Waals surface area (Å²) in [6.45, 7) is 2.37. The summed E-state index contributed by atoms with van der Waals surface area (Å²) in [5, 5.41) is 11.3. The van der Waals surface area contributed by atoms with Crippen LogP contribution in [0.2, 0.25) is 0 Å². The first-order valence-corrected chi connectivity index (χ1v) is 12.2. The average Bonchev–Trinajstić information content (AvgIpc) is 2.76. The highest BCUT2D eigenvalue weighted by Gasteiger charge is 2.41. The number of aliphatic carboxylic acids is 1. The van der Waals surface area contributed by atoms with Crippen LogP contribution in [-0.4, -0.2) is 41.3 Å². The maximum absolute atomic E-state index is 12.9. The van der Waals surface area contributed by atoms with Gasteiger partial charge in [-0.15, -0.1) is 0 Å². The number of nitrogens with zero attached hydrogens (tertiary/aromatic N) is 1. The van der Waals surface area contributed by atoms with Crippen LogP contribution in [-0.2, 0) is 11.3 Å². The van der Waals surface area contributed by atoms with Gasteiger partial charge in [0.25, 0.3) is 0 Å². The molecule has 0 atom stereocenters. The van der Waals surface area contributed by atoms with Crippen molar-refractivity contribution in [1.29, 1.82) is 0 Å². The molecular weight excluding hydrogens is 534 g/mol. The van der Waals surface area contributed by atoms with Gasteiger partial charge in [-0.1, -0.05) is 18.2 Å². The molecule has 8 heteroatoms. The molecule has 174 valence electrons. The fourth-order valence-electron chi connectivity index (χ4n) is 4.79. The molecule has 4 rings (SSSR count). The Morgan fingerprint density at radius 3 is 2.38 bits per heavy atom. The van der Waals surface area contributed by atoms with Gasteiger partial charge in [0, 0.05) is 6.54 Å². The lowest BCUT2D eigenvalue weighted by Gasteiger charge is -2.30. The molecule has 0 aromatic heterocycles. The number of ether oxygens (including phenoxy) is 1. The molecule has 1 saturated carbocycles. The van der Waals surface area contributed by atoms with Crippen molar-refractivity contribution in [3.63, 3.8) is 0 Å². The molecule has 32 heavy (non-hydrogen) atoms. The van der Waals surface area contributed by atoms with E-state index in [1.165, 1.54) is 5.56 Å². The molecule has 0 bridgehead atoms. The number of likely N-dealkylation sites (tertiary alicyclic amines) is 1. The molecule has 1 aliphatic carbocycles. The molecule has 2 aromatic rings. The van der Waals surface area contributed by atoms with E-state index in [0.29, 0.717) is 25.7 Å². The number of piperidine rings is 1. The van der Waals surface area contributed by atoms with Gasteiger partial charge in [0.1, 0.15) is 5.75 Å². The van der Waals surface area contributed by atoms with Crippen molar-refractivity contribution in [2.75, 3.05) is 13.1 Å². The summed E-state index contributed by atoms with van der Waals surface area (Å²) in [5.74, 6) is -1.40. The molecule has 1 N–H and O–H groups in total. The van der Waals surface area contributed by atoms with E-state index in [4.69, 9.17) is 9.84 Å². The van der Waals surface area contributed by atoms with Gasteiger partial charge in [-0.05, 0) is 103 Å². The predicted octanol–water partition coefficient (Wildman–Crippen LogP) is 6.24. The van der Waals surface area contributed by atoms with Crippen molar-refractivity contribution < 1.29 is 27.8 Å². The largest absolute Gasteiger partial charge is 0.489 e. The Balaban J connectivity index is 1.39. The zero-order valence-corrected chi connectivity index (χ0v) is 19.9. The Morgan fingerprint density at radius 1 is 1.06 bits per heavy atom. The summed E-state index contributed by atoms with van der Waals surface area (Å²) >= 11 is 2.26. The topological polar surface area (TPSA) is 49.8 Å². The van der Waals surface area contributed by atoms with E-state index in [1.54, 1.807) is 0 Å². The van der Waals surface area contributed by atoms with E-state index in [-0.39, 0.29) is 24.9 Å². The average molecular weight is 561 g/mol. The predicted molar refractivity (Wildman–Crippen MR) is 125 cm³/mol. The van der Waals surface area contributed by atoms with Crippen LogP contribution in [0.25, 0.3) is 10.8 Å². The molecular formula is C24H27F3INO3. The number of hydrogen-bond donors (Lipinski definition) is 1. The van der Waals surface area contributed by atoms with Crippen molar-refractivity contribution in [3.05, 3.63) is 39.5 Å². The van der Waals surface area contributed by atoms with Crippen molar-refractivity contribution in [2.24, 2.45) is 11.8 Å². The number of carboxylic acid groups (broad SMARTS) is 1. The zero-order valence-electron chi connectivity index (χ0n) is 17.7. The third kappa shape index (κ3) is 5.50. The van der Waals surface area contributed by atoms with E-state index in [0.717, 1.165) is 39.7 Å². The van der Waals surface area contributed by atoms with Crippen LogP contribution in [0.5, 0.6) is 5.75 Å². The van der Waals surface area contributed by atoms with E-state index < -0.39 is 18.1 Å². The van der Waals surface area contributed by atoms with Crippen LogP contribution in [0.3, 0.4) is 0 Å². The normalized spacial score (nSPS) is 23.4. The van der Waals surface area contributed by atoms with Crippen LogP contribution in [0.4, 0.5) is 13.2 Å². The van der Waals surface area contributed by atoms with Gasteiger partial charge >= 0.3 is 12.1 Å². The van der Waals surface area contributed by atoms with Gasteiger partial charge in [0.15, 0.2) is 0 Å². The molecule has 2 fully saturated rings. The summed E-state index contributed by atoms with van der Waals surface area (Å²) in [6.07, 6.45) is -1.79. The maximum Gasteiger partial charge on any atom is 0.391 e. The van der Waals surface area contributed by atoms with Gasteiger partial charge in [0.2, 0.25) is 0 Å². The van der Waals surface area contributed by atoms with Crippen LogP contribution >= 0.6 is 22.6 Å². The van der Waals surface area contributed by atoms with E-state index in [9.17, 15) is 18.0 Å². The van der Waals surface area contributed by atoms with E-state index in [2.05, 4.69) is 45.7 Å². The molecule has 1 saturated heterocycles. The number of rotatable bonds is 5. The molecule has 1 aliphatic heterocycles. The number of alkyl halides is 3. The van der Waals surface area contributed by atoms with E-state index >= 15 is 0 Å². The molecule has 2 aliphatic rings. The first-order chi connectivity index (χ1) is 15.2. The van der Waals surface area contributed by atoms with Crippen molar-refractivity contribution >= 4 is 39.3 Å². The van der Waals surface area contributed by atoms with Gasteiger partial charge in [-0.2, -0.15) is 13.2 Å². The summed E-state index contributed by atoms with van der Waals surface area (Å²) in [4.78, 5) is 13.4. The fraction of sp³-hybridized carbons (Fsp3) is 0.542. The van der Waals surface area contributed by atoms with Crippen LogP contribution in [0.15, 0.2) is 30.3 Å². The second kappa shape index (κ2) is 9.75. The summed E-state index contributed by atoms with van der Waals surface area (Å²) in [6, 6.07) is 10.2. The third-order valence-electron chi connectivity index (χ3n) is 6.76. The van der Waals surface area contributed by atoms with Gasteiger partial charge in [-0.3, -0.25) is 9.69 Å². The number of carboxylic acids is 1. The summed E-state index contributed by atoms with van der Waals surface area (Å²) < 4.78 is 45.8. The Morgan fingerprint density at radius 2 is 1.75 bits per heavy atom. The van der Waals surface area contributed by atoms with Crippen LogP contribution in [0, 0.1) is 15.4 Å². The number of hydrogen-bond acceptors (Lipinski definition) is 3. The first-order valence-electron chi connectivity index (χ1n) is 11.1. The first kappa shape index (κ1) is 23.6. The minimum absolute atomic E-state index is 0.130. The number of halogens is 4. The minimum Gasteiger partial charge on any atom is -0.489 e. The molecule has 2 aromatic carbocycles. The minimum atomic E-state index is -4.10. The second-order valence-corrected chi connectivity index (χ2v) is 10.0. The highest BCUT2D eigenvalue weighted by Crippen LogP contribution is 2.39. The standard InChI is InChI=1S/C24H27F3INO3/c25-24(26,27)18-3-5-19(6-4-18)32-21-8-2-17-13-15(1-7-20(17)22(21)28)14-29-11-9-16(10-12-29)23(30)31/h1-2,7-8,13,16,18-19H,3-6,9-12,14H2,(H,30,31). The Kier molecular flexibility index (Phi) is 7.19. The lowest BCUT2D eigenvalue weighted by atomic mass is 9.87. The SMILES string of the molecule is O=C(O)C1CCN(Cc2ccc3c(I)c(OC4CCC(C(F)(F)F)CC4)ccc3c2)CC1.